The molecule has 4 rings (SSSR count). The Balaban J connectivity index is 1.73. The van der Waals surface area contributed by atoms with Crippen molar-refractivity contribution >= 4 is 17.6 Å². The first kappa shape index (κ1) is 18.7. The second-order valence-corrected chi connectivity index (χ2v) is 7.30. The number of ether oxygens (including phenoxy) is 1. The van der Waals surface area contributed by atoms with E-state index < -0.39 is 0 Å². The monoisotopic (exact) mass is 399 g/mol. The Bertz CT molecular complexity index is 1030. The molecule has 2 heterocycles. The van der Waals surface area contributed by atoms with Crippen LogP contribution in [0.25, 0.3) is 11.3 Å². The lowest BCUT2D eigenvalue weighted by Gasteiger charge is -2.06. The van der Waals surface area contributed by atoms with E-state index in [1.165, 1.54) is 35.8 Å². The van der Waals surface area contributed by atoms with E-state index in [4.69, 9.17) is 4.74 Å². The predicted molar refractivity (Wildman–Crippen MR) is 106 cm³/mol. The second kappa shape index (κ2) is 8.58. The molecular weight excluding hydrogens is 380 g/mol. The first-order valence-electron chi connectivity index (χ1n) is 9.08. The predicted octanol–water partition coefficient (Wildman–Crippen LogP) is 4.46. The molecule has 1 aliphatic heterocycles. The van der Waals surface area contributed by atoms with E-state index in [9.17, 15) is 8.78 Å². The van der Waals surface area contributed by atoms with Crippen molar-refractivity contribution in [2.24, 2.45) is 10.1 Å². The summed E-state index contributed by atoms with van der Waals surface area (Å²) in [6.45, 7) is 1.33. The van der Waals surface area contributed by atoms with Gasteiger partial charge in [0, 0.05) is 23.1 Å². The number of aromatic nitrogens is 1. The van der Waals surface area contributed by atoms with Gasteiger partial charge in [0.05, 0.1) is 24.6 Å². The van der Waals surface area contributed by atoms with E-state index >= 15 is 0 Å². The molecule has 0 N–H and O–H groups in total. The van der Waals surface area contributed by atoms with Gasteiger partial charge in [0.15, 0.2) is 0 Å². The molecule has 0 saturated carbocycles. The van der Waals surface area contributed by atoms with Crippen LogP contribution in [0.4, 0.5) is 8.78 Å². The molecule has 3 aromatic rings. The number of rotatable bonds is 5. The van der Waals surface area contributed by atoms with Crippen molar-refractivity contribution in [2.75, 3.05) is 13.2 Å². The topological polar surface area (TPSA) is 38.9 Å². The summed E-state index contributed by atoms with van der Waals surface area (Å²) in [5.74, 6) is -0.646. The van der Waals surface area contributed by atoms with Crippen molar-refractivity contribution in [2.45, 2.75) is 18.9 Å². The van der Waals surface area contributed by atoms with Gasteiger partial charge >= 0.3 is 0 Å². The number of nitrogens with zero attached hydrogens (tertiary/aromatic N) is 3. The summed E-state index contributed by atoms with van der Waals surface area (Å²) in [6.07, 6.45) is 3.65. The zero-order valence-corrected chi connectivity index (χ0v) is 15.9. The van der Waals surface area contributed by atoms with Crippen molar-refractivity contribution in [3.63, 3.8) is 0 Å². The molecule has 4 nitrogen and oxygen atoms in total. The zero-order valence-electron chi connectivity index (χ0n) is 15.1. The third-order valence-electron chi connectivity index (χ3n) is 4.50. The van der Waals surface area contributed by atoms with Gasteiger partial charge in [-0.3, -0.25) is 4.99 Å². The summed E-state index contributed by atoms with van der Waals surface area (Å²) in [4.78, 5) is 5.34. The maximum absolute atomic E-state index is 14.0. The van der Waals surface area contributed by atoms with Gasteiger partial charge in [0.1, 0.15) is 11.6 Å². The molecule has 1 fully saturated rings. The van der Waals surface area contributed by atoms with E-state index in [-0.39, 0.29) is 17.7 Å². The summed E-state index contributed by atoms with van der Waals surface area (Å²) in [5, 5.41) is 6.39. The summed E-state index contributed by atoms with van der Waals surface area (Å²) in [5.41, 5.74) is 1.96. The molecule has 2 aromatic carbocycles. The number of benzene rings is 2. The lowest BCUT2D eigenvalue weighted by Crippen LogP contribution is -2.17. The highest BCUT2D eigenvalue weighted by Gasteiger charge is 2.15. The summed E-state index contributed by atoms with van der Waals surface area (Å²) in [6, 6.07) is 12.6. The first-order chi connectivity index (χ1) is 13.7. The number of hydrogen-bond acceptors (Lipinski definition) is 4. The number of halogens is 2. The Labute approximate surface area is 165 Å². The fourth-order valence-corrected chi connectivity index (χ4v) is 3.85. The van der Waals surface area contributed by atoms with Crippen molar-refractivity contribution in [3.05, 3.63) is 75.9 Å². The van der Waals surface area contributed by atoms with Gasteiger partial charge < -0.3 is 4.74 Å². The van der Waals surface area contributed by atoms with Crippen molar-refractivity contribution in [1.29, 1.82) is 0 Å². The highest BCUT2D eigenvalue weighted by Crippen LogP contribution is 2.21. The molecule has 0 bridgehead atoms. The van der Waals surface area contributed by atoms with E-state index in [2.05, 4.69) is 10.1 Å². The Morgan fingerprint density at radius 2 is 1.96 bits per heavy atom. The number of thiazole rings is 1. The lowest BCUT2D eigenvalue weighted by atomic mass is 10.2. The van der Waals surface area contributed by atoms with Crippen LogP contribution in [0.1, 0.15) is 18.4 Å². The average Bonchev–Trinajstić information content (AvgIpc) is 3.36. The molecule has 28 heavy (non-hydrogen) atoms. The fourth-order valence-electron chi connectivity index (χ4n) is 3.01. The smallest absolute Gasteiger partial charge is 0.206 e. The maximum Gasteiger partial charge on any atom is 0.206 e. The third kappa shape index (κ3) is 4.26. The average molecular weight is 399 g/mol. The molecular formula is C21H19F2N3OS. The Morgan fingerprint density at radius 1 is 1.14 bits per heavy atom. The minimum Gasteiger partial charge on any atom is -0.376 e. The molecule has 0 radical (unpaired) electrons. The molecule has 1 aromatic heterocycles. The molecule has 7 heteroatoms. The largest absolute Gasteiger partial charge is 0.376 e. The van der Waals surface area contributed by atoms with Crippen LogP contribution >= 0.6 is 11.3 Å². The van der Waals surface area contributed by atoms with Crippen molar-refractivity contribution < 1.29 is 13.5 Å². The minimum atomic E-state index is -0.344. The van der Waals surface area contributed by atoms with Gasteiger partial charge in [-0.15, -0.1) is 11.3 Å². The Morgan fingerprint density at radius 3 is 2.71 bits per heavy atom. The molecule has 1 saturated heterocycles. The Hall–Kier alpha value is -2.64. The van der Waals surface area contributed by atoms with Crippen LogP contribution < -0.4 is 4.80 Å². The van der Waals surface area contributed by atoms with E-state index in [1.807, 2.05) is 5.38 Å². The van der Waals surface area contributed by atoms with Crippen LogP contribution in [-0.2, 0) is 4.74 Å². The zero-order chi connectivity index (χ0) is 19.3. The molecule has 0 amide bonds. The van der Waals surface area contributed by atoms with Gasteiger partial charge in [-0.1, -0.05) is 18.2 Å². The lowest BCUT2D eigenvalue weighted by molar-refractivity contribution is 0.117. The second-order valence-electron chi connectivity index (χ2n) is 6.46. The molecule has 1 aliphatic rings. The van der Waals surface area contributed by atoms with Crippen molar-refractivity contribution in [3.8, 4) is 11.3 Å². The highest BCUT2D eigenvalue weighted by molar-refractivity contribution is 7.07. The summed E-state index contributed by atoms with van der Waals surface area (Å²) in [7, 11) is 0. The van der Waals surface area contributed by atoms with Crippen LogP contribution in [0, 0.1) is 11.6 Å². The van der Waals surface area contributed by atoms with Gasteiger partial charge in [0.2, 0.25) is 4.80 Å². The molecule has 144 valence electrons. The van der Waals surface area contributed by atoms with E-state index in [0.717, 1.165) is 30.7 Å². The first-order valence-corrected chi connectivity index (χ1v) is 9.96. The van der Waals surface area contributed by atoms with Gasteiger partial charge in [-0.05, 0) is 43.2 Å². The summed E-state index contributed by atoms with van der Waals surface area (Å²) >= 11 is 1.44. The maximum atomic E-state index is 14.0. The third-order valence-corrected chi connectivity index (χ3v) is 5.35. The van der Waals surface area contributed by atoms with Gasteiger partial charge in [0.25, 0.3) is 0 Å². The fraction of sp³-hybridized carbons (Fsp3) is 0.238. The van der Waals surface area contributed by atoms with Crippen LogP contribution in [0.5, 0.6) is 0 Å². The van der Waals surface area contributed by atoms with E-state index in [0.29, 0.717) is 16.9 Å². The van der Waals surface area contributed by atoms with Gasteiger partial charge in [-0.25, -0.2) is 13.5 Å². The highest BCUT2D eigenvalue weighted by atomic mass is 32.1. The van der Waals surface area contributed by atoms with Crippen LogP contribution in [0.15, 0.2) is 64.0 Å². The number of hydrogen-bond donors (Lipinski definition) is 0. The molecule has 0 unspecified atom stereocenters. The molecule has 1 atom stereocenters. The molecule has 0 spiro atoms. The van der Waals surface area contributed by atoms with Crippen LogP contribution in [0.2, 0.25) is 0 Å². The quantitative estimate of drug-likeness (QED) is 0.584. The van der Waals surface area contributed by atoms with Crippen LogP contribution in [-0.4, -0.2) is 30.1 Å². The van der Waals surface area contributed by atoms with E-state index in [1.54, 1.807) is 35.0 Å². The van der Waals surface area contributed by atoms with Crippen LogP contribution in [0.3, 0.4) is 0 Å². The van der Waals surface area contributed by atoms with Crippen molar-refractivity contribution in [1.82, 2.24) is 4.68 Å². The summed E-state index contributed by atoms with van der Waals surface area (Å²) < 4.78 is 34.6. The minimum absolute atomic E-state index is 0.125. The normalized spacial score (nSPS) is 17.6. The van der Waals surface area contributed by atoms with Gasteiger partial charge in [-0.2, -0.15) is 5.10 Å². The SMILES string of the molecule is Fc1ccc(-c2csc(=NC[C@H]3CCCO3)n2/N=C\c2ccccc2F)cc1. The standard InChI is InChI=1S/C21H19F2N3OS/c22-17-9-7-15(8-10-17)20-14-28-21(24-13-18-5-3-11-27-18)26(20)25-12-16-4-1-2-6-19(16)23/h1-2,4,6-10,12,14,18H,3,5,11,13H2/b24-21?,25-12-/t18-/m1/s1. The Kier molecular flexibility index (Phi) is 5.73. The molecule has 0 aliphatic carbocycles.